The van der Waals surface area contributed by atoms with Crippen molar-refractivity contribution in [3.8, 4) is 0 Å². The van der Waals surface area contributed by atoms with Gasteiger partial charge in [-0.25, -0.2) is 0 Å². The largest absolute Gasteiger partial charge is 0.362 e. The van der Waals surface area contributed by atoms with E-state index in [9.17, 15) is 0 Å². The monoisotopic (exact) mass is 128 g/mol. The van der Waals surface area contributed by atoms with Gasteiger partial charge in [0.15, 0.2) is 5.11 Å². The summed E-state index contributed by atoms with van der Waals surface area (Å²) in [6, 6.07) is 0. The van der Waals surface area contributed by atoms with Gasteiger partial charge < -0.3 is 10.6 Å². The predicted octanol–water partition coefficient (Wildman–Crippen LogP) is 0.368. The van der Waals surface area contributed by atoms with Crippen molar-refractivity contribution in [2.75, 3.05) is 6.54 Å². The fourth-order valence-corrected chi connectivity index (χ4v) is 0.708. The number of hydrogen-bond acceptors (Lipinski definition) is 1. The van der Waals surface area contributed by atoms with Gasteiger partial charge in [-0.2, -0.15) is 0 Å². The van der Waals surface area contributed by atoms with E-state index in [2.05, 4.69) is 10.6 Å². The summed E-state index contributed by atoms with van der Waals surface area (Å²) in [5.41, 5.74) is 0. The van der Waals surface area contributed by atoms with Gasteiger partial charge in [-0.3, -0.25) is 0 Å². The Hall–Kier alpha value is -0.570. The molecule has 0 saturated carbocycles. The first-order valence-electron chi connectivity index (χ1n) is 2.59. The molecule has 1 rings (SSSR count). The molecule has 8 heavy (non-hydrogen) atoms. The summed E-state index contributed by atoms with van der Waals surface area (Å²) in [5, 5.41) is 6.61. The number of thiocarbonyl (C=S) groups is 1. The molecule has 2 nitrogen and oxygen atoms in total. The van der Waals surface area contributed by atoms with E-state index < -0.39 is 0 Å². The maximum atomic E-state index is 4.82. The van der Waals surface area contributed by atoms with Crippen LogP contribution in [0.2, 0.25) is 0 Å². The van der Waals surface area contributed by atoms with Crippen molar-refractivity contribution >= 4 is 17.3 Å². The molecular formula is C5H8N2S. The molecule has 0 radical (unpaired) electrons. The van der Waals surface area contributed by atoms with Gasteiger partial charge in [0.1, 0.15) is 0 Å². The minimum atomic E-state index is 0.721. The third-order valence-corrected chi connectivity index (χ3v) is 1.19. The Morgan fingerprint density at radius 1 is 1.62 bits per heavy atom. The van der Waals surface area contributed by atoms with Crippen LogP contribution in [-0.2, 0) is 0 Å². The Balaban J connectivity index is 2.41. The topological polar surface area (TPSA) is 24.1 Å². The van der Waals surface area contributed by atoms with E-state index in [1.807, 2.05) is 12.3 Å². The third-order valence-electron chi connectivity index (χ3n) is 0.929. The van der Waals surface area contributed by atoms with E-state index in [0.717, 1.165) is 18.1 Å². The highest BCUT2D eigenvalue weighted by molar-refractivity contribution is 7.80. The molecule has 0 bridgehead atoms. The van der Waals surface area contributed by atoms with Gasteiger partial charge in [0, 0.05) is 6.54 Å². The quantitative estimate of drug-likeness (QED) is 0.461. The summed E-state index contributed by atoms with van der Waals surface area (Å²) in [6.07, 6.45) is 4.96. The molecule has 0 aromatic carbocycles. The second kappa shape index (κ2) is 2.67. The van der Waals surface area contributed by atoms with Crippen LogP contribution in [0, 0.1) is 0 Å². The molecule has 0 spiro atoms. The van der Waals surface area contributed by atoms with Crippen molar-refractivity contribution in [3.05, 3.63) is 12.3 Å². The van der Waals surface area contributed by atoms with Crippen LogP contribution in [0.3, 0.4) is 0 Å². The van der Waals surface area contributed by atoms with Crippen molar-refractivity contribution < 1.29 is 0 Å². The number of nitrogens with one attached hydrogen (secondary N) is 2. The van der Waals surface area contributed by atoms with Crippen LogP contribution in [0.15, 0.2) is 12.3 Å². The molecule has 0 aromatic rings. The molecule has 0 aliphatic carbocycles. The Morgan fingerprint density at radius 3 is 3.38 bits per heavy atom. The lowest BCUT2D eigenvalue weighted by molar-refractivity contribution is 0.900. The van der Waals surface area contributed by atoms with Crippen molar-refractivity contribution in [1.82, 2.24) is 10.6 Å². The summed E-state index contributed by atoms with van der Waals surface area (Å²) in [4.78, 5) is 0. The average molecular weight is 128 g/mol. The summed E-state index contributed by atoms with van der Waals surface area (Å²) < 4.78 is 0. The van der Waals surface area contributed by atoms with E-state index >= 15 is 0 Å². The van der Waals surface area contributed by atoms with E-state index in [1.165, 1.54) is 0 Å². The summed E-state index contributed by atoms with van der Waals surface area (Å²) in [5.74, 6) is 0. The van der Waals surface area contributed by atoms with Crippen LogP contribution < -0.4 is 10.6 Å². The fourth-order valence-electron chi connectivity index (χ4n) is 0.538. The molecule has 1 aliphatic heterocycles. The lowest BCUT2D eigenvalue weighted by atomic mass is 10.4. The molecule has 2 N–H and O–H groups in total. The lowest BCUT2D eigenvalue weighted by Gasteiger charge is -1.99. The van der Waals surface area contributed by atoms with Gasteiger partial charge in [-0.1, -0.05) is 6.08 Å². The van der Waals surface area contributed by atoms with Gasteiger partial charge in [-0.15, -0.1) is 0 Å². The highest BCUT2D eigenvalue weighted by Crippen LogP contribution is 1.83. The second-order valence-corrected chi connectivity index (χ2v) is 2.00. The number of hydrogen-bond donors (Lipinski definition) is 2. The molecule has 0 aromatic heterocycles. The Kier molecular flexibility index (Phi) is 1.86. The van der Waals surface area contributed by atoms with Crippen molar-refractivity contribution in [2.24, 2.45) is 0 Å². The van der Waals surface area contributed by atoms with E-state index in [0.29, 0.717) is 0 Å². The highest BCUT2D eigenvalue weighted by Gasteiger charge is 1.91. The molecule has 0 saturated heterocycles. The Morgan fingerprint density at radius 2 is 2.50 bits per heavy atom. The standard InChI is InChI=1S/C5H8N2S/c8-5-6-3-1-2-4-7-5/h1,3H,2,4H2,(H2,6,7,8). The predicted molar refractivity (Wildman–Crippen MR) is 37.5 cm³/mol. The Bertz CT molecular complexity index is 120. The van der Waals surface area contributed by atoms with Crippen molar-refractivity contribution in [2.45, 2.75) is 6.42 Å². The fraction of sp³-hybridized carbons (Fsp3) is 0.400. The zero-order valence-electron chi connectivity index (χ0n) is 4.48. The van der Waals surface area contributed by atoms with Crippen LogP contribution in [0.4, 0.5) is 0 Å². The molecular weight excluding hydrogens is 120 g/mol. The maximum absolute atomic E-state index is 4.82. The molecule has 3 heteroatoms. The zero-order chi connectivity index (χ0) is 5.82. The molecule has 0 fully saturated rings. The van der Waals surface area contributed by atoms with Gasteiger partial charge >= 0.3 is 0 Å². The molecule has 0 atom stereocenters. The first-order chi connectivity index (χ1) is 3.89. The van der Waals surface area contributed by atoms with Crippen molar-refractivity contribution in [3.63, 3.8) is 0 Å². The second-order valence-electron chi connectivity index (χ2n) is 1.59. The van der Waals surface area contributed by atoms with Crippen LogP contribution in [0.1, 0.15) is 6.42 Å². The SMILES string of the molecule is S=C1NC=CCCN1. The lowest BCUT2D eigenvalue weighted by Crippen LogP contribution is -2.30. The van der Waals surface area contributed by atoms with Gasteiger partial charge in [-0.05, 0) is 24.8 Å². The molecule has 1 heterocycles. The summed E-state index contributed by atoms with van der Waals surface area (Å²) in [6.45, 7) is 0.947. The summed E-state index contributed by atoms with van der Waals surface area (Å²) >= 11 is 4.82. The smallest absolute Gasteiger partial charge is 0.170 e. The van der Waals surface area contributed by atoms with E-state index in [1.54, 1.807) is 0 Å². The van der Waals surface area contributed by atoms with E-state index in [4.69, 9.17) is 12.2 Å². The normalized spacial score (nSPS) is 18.8. The van der Waals surface area contributed by atoms with E-state index in [-0.39, 0.29) is 0 Å². The summed E-state index contributed by atoms with van der Waals surface area (Å²) in [7, 11) is 0. The van der Waals surface area contributed by atoms with Gasteiger partial charge in [0.05, 0.1) is 0 Å². The third kappa shape index (κ3) is 1.50. The molecule has 1 aliphatic rings. The molecule has 44 valence electrons. The minimum absolute atomic E-state index is 0.721. The average Bonchev–Trinajstić information content (AvgIpc) is 1.94. The maximum Gasteiger partial charge on any atom is 0.170 e. The zero-order valence-corrected chi connectivity index (χ0v) is 5.29. The van der Waals surface area contributed by atoms with Crippen LogP contribution in [0.5, 0.6) is 0 Å². The van der Waals surface area contributed by atoms with Crippen LogP contribution in [0.25, 0.3) is 0 Å². The molecule has 0 unspecified atom stereocenters. The first-order valence-corrected chi connectivity index (χ1v) is 3.00. The number of rotatable bonds is 0. The van der Waals surface area contributed by atoms with Gasteiger partial charge in [0.25, 0.3) is 0 Å². The van der Waals surface area contributed by atoms with Crippen LogP contribution >= 0.6 is 12.2 Å². The van der Waals surface area contributed by atoms with Crippen LogP contribution in [-0.4, -0.2) is 11.7 Å². The van der Waals surface area contributed by atoms with Gasteiger partial charge in [0.2, 0.25) is 0 Å². The minimum Gasteiger partial charge on any atom is -0.362 e. The highest BCUT2D eigenvalue weighted by atomic mass is 32.1. The Labute approximate surface area is 54.0 Å². The molecule has 0 amide bonds. The first kappa shape index (κ1) is 5.56. The van der Waals surface area contributed by atoms with Crippen molar-refractivity contribution in [1.29, 1.82) is 0 Å².